The standard InChI is InChI=1S/C29H26N8O2/c1-17-22(14-21(15-34-17)35-28(39)20-7-9-31-24(12-20)29(2,3)16-30)26-33-11-8-23(36-26)19-6-10-32-25(13-19)37-27(38)18-4-5-18/h6-15,18H,4-5H2,1-3H3,(H,35,39)(H,32,37,38). The molecule has 10 nitrogen and oxygen atoms in total. The number of rotatable bonds is 7. The fourth-order valence-corrected chi connectivity index (χ4v) is 3.88. The molecule has 1 saturated carbocycles. The topological polar surface area (TPSA) is 146 Å². The predicted molar refractivity (Wildman–Crippen MR) is 145 cm³/mol. The molecule has 10 heteroatoms. The van der Waals surface area contributed by atoms with Crippen LogP contribution in [0.2, 0.25) is 0 Å². The van der Waals surface area contributed by atoms with Crippen LogP contribution in [0.15, 0.2) is 61.2 Å². The zero-order chi connectivity index (χ0) is 27.6. The van der Waals surface area contributed by atoms with E-state index >= 15 is 0 Å². The highest BCUT2D eigenvalue weighted by Gasteiger charge is 2.29. The molecule has 1 aliphatic carbocycles. The van der Waals surface area contributed by atoms with E-state index in [0.717, 1.165) is 18.4 Å². The van der Waals surface area contributed by atoms with Crippen LogP contribution in [0.1, 0.15) is 48.4 Å². The number of aromatic nitrogens is 5. The van der Waals surface area contributed by atoms with Crippen LogP contribution < -0.4 is 10.6 Å². The summed E-state index contributed by atoms with van der Waals surface area (Å²) in [5, 5.41) is 15.1. The van der Waals surface area contributed by atoms with Gasteiger partial charge in [0.05, 0.1) is 34.8 Å². The Labute approximate surface area is 225 Å². The number of pyridine rings is 3. The molecule has 0 atom stereocenters. The molecule has 1 fully saturated rings. The van der Waals surface area contributed by atoms with Gasteiger partial charge in [-0.15, -0.1) is 0 Å². The summed E-state index contributed by atoms with van der Waals surface area (Å²) < 4.78 is 0. The molecule has 0 saturated heterocycles. The van der Waals surface area contributed by atoms with Gasteiger partial charge in [0.25, 0.3) is 5.91 Å². The number of carbonyl (C=O) groups excluding carboxylic acids is 2. The molecule has 0 bridgehead atoms. The first-order valence-corrected chi connectivity index (χ1v) is 12.5. The number of hydrogen-bond donors (Lipinski definition) is 2. The van der Waals surface area contributed by atoms with E-state index in [9.17, 15) is 14.9 Å². The minimum atomic E-state index is -0.824. The summed E-state index contributed by atoms with van der Waals surface area (Å²) in [5.41, 5.74) is 3.33. The van der Waals surface area contributed by atoms with Gasteiger partial charge in [0.15, 0.2) is 5.82 Å². The van der Waals surface area contributed by atoms with Crippen molar-refractivity contribution in [2.24, 2.45) is 5.92 Å². The van der Waals surface area contributed by atoms with Crippen LogP contribution in [0.5, 0.6) is 0 Å². The molecule has 4 heterocycles. The summed E-state index contributed by atoms with van der Waals surface area (Å²) >= 11 is 0. The Kier molecular flexibility index (Phi) is 6.81. The number of amides is 2. The van der Waals surface area contributed by atoms with E-state index in [1.165, 1.54) is 6.20 Å². The molecular formula is C29H26N8O2. The third-order valence-electron chi connectivity index (χ3n) is 6.44. The van der Waals surface area contributed by atoms with Crippen molar-refractivity contribution in [2.45, 2.75) is 39.0 Å². The second-order valence-corrected chi connectivity index (χ2v) is 9.94. The predicted octanol–water partition coefficient (Wildman–Crippen LogP) is 4.71. The number of anilines is 2. The number of aryl methyl sites for hydroxylation is 1. The molecule has 0 unspecified atom stereocenters. The van der Waals surface area contributed by atoms with E-state index in [4.69, 9.17) is 4.98 Å². The Balaban J connectivity index is 1.38. The van der Waals surface area contributed by atoms with E-state index in [0.29, 0.717) is 45.5 Å². The molecule has 194 valence electrons. The number of carbonyl (C=O) groups is 2. The summed E-state index contributed by atoms with van der Waals surface area (Å²) in [4.78, 5) is 47.2. The third kappa shape index (κ3) is 5.78. The van der Waals surface area contributed by atoms with E-state index < -0.39 is 5.41 Å². The van der Waals surface area contributed by atoms with Gasteiger partial charge >= 0.3 is 0 Å². The quantitative estimate of drug-likeness (QED) is 0.358. The van der Waals surface area contributed by atoms with Crippen LogP contribution in [-0.4, -0.2) is 36.7 Å². The van der Waals surface area contributed by atoms with Gasteiger partial charge in [0.2, 0.25) is 5.91 Å². The van der Waals surface area contributed by atoms with Gasteiger partial charge in [-0.05, 0) is 70.0 Å². The Morgan fingerprint density at radius 3 is 2.51 bits per heavy atom. The van der Waals surface area contributed by atoms with Crippen LogP contribution in [-0.2, 0) is 10.2 Å². The molecule has 39 heavy (non-hydrogen) atoms. The Morgan fingerprint density at radius 2 is 1.74 bits per heavy atom. The normalized spacial score (nSPS) is 12.9. The van der Waals surface area contributed by atoms with Gasteiger partial charge < -0.3 is 10.6 Å². The largest absolute Gasteiger partial charge is 0.321 e. The maximum atomic E-state index is 13.0. The van der Waals surface area contributed by atoms with Gasteiger partial charge in [-0.2, -0.15) is 5.26 Å². The van der Waals surface area contributed by atoms with Crippen LogP contribution in [0.3, 0.4) is 0 Å². The Bertz CT molecular complexity index is 1620. The lowest BCUT2D eigenvalue weighted by Gasteiger charge is -2.15. The average Bonchev–Trinajstić information content (AvgIpc) is 3.80. The maximum Gasteiger partial charge on any atom is 0.255 e. The van der Waals surface area contributed by atoms with Crippen molar-refractivity contribution in [3.8, 4) is 28.7 Å². The van der Waals surface area contributed by atoms with Crippen molar-refractivity contribution in [2.75, 3.05) is 10.6 Å². The van der Waals surface area contributed by atoms with Gasteiger partial charge in [-0.3, -0.25) is 19.6 Å². The number of nitriles is 1. The lowest BCUT2D eigenvalue weighted by atomic mass is 9.90. The van der Waals surface area contributed by atoms with Gasteiger partial charge in [0, 0.05) is 46.9 Å². The van der Waals surface area contributed by atoms with Crippen LogP contribution in [0.25, 0.3) is 22.6 Å². The number of nitrogens with one attached hydrogen (secondary N) is 2. The first kappa shape index (κ1) is 25.6. The second kappa shape index (κ2) is 10.4. The highest BCUT2D eigenvalue weighted by Crippen LogP contribution is 2.31. The van der Waals surface area contributed by atoms with E-state index in [1.54, 1.807) is 62.8 Å². The van der Waals surface area contributed by atoms with E-state index in [-0.39, 0.29) is 17.7 Å². The first-order valence-electron chi connectivity index (χ1n) is 12.5. The second-order valence-electron chi connectivity index (χ2n) is 9.94. The molecule has 0 radical (unpaired) electrons. The summed E-state index contributed by atoms with van der Waals surface area (Å²) in [5.74, 6) is 0.631. The van der Waals surface area contributed by atoms with E-state index in [2.05, 4.69) is 36.6 Å². The highest BCUT2D eigenvalue weighted by atomic mass is 16.2. The fourth-order valence-electron chi connectivity index (χ4n) is 3.88. The molecule has 0 spiro atoms. The monoisotopic (exact) mass is 518 g/mol. The summed E-state index contributed by atoms with van der Waals surface area (Å²) in [6.07, 6.45) is 8.20. The lowest BCUT2D eigenvalue weighted by molar-refractivity contribution is -0.117. The summed E-state index contributed by atoms with van der Waals surface area (Å²) in [7, 11) is 0. The third-order valence-corrected chi connectivity index (χ3v) is 6.44. The first-order chi connectivity index (χ1) is 18.7. The zero-order valence-electron chi connectivity index (χ0n) is 21.8. The number of hydrogen-bond acceptors (Lipinski definition) is 8. The van der Waals surface area contributed by atoms with Gasteiger partial charge in [0.1, 0.15) is 5.82 Å². The minimum absolute atomic E-state index is 0.0136. The van der Waals surface area contributed by atoms with E-state index in [1.807, 2.05) is 13.0 Å². The van der Waals surface area contributed by atoms with Crippen molar-refractivity contribution < 1.29 is 9.59 Å². The molecule has 2 amide bonds. The van der Waals surface area contributed by atoms with Crippen LogP contribution in [0, 0.1) is 24.2 Å². The molecular weight excluding hydrogens is 492 g/mol. The minimum Gasteiger partial charge on any atom is -0.321 e. The maximum absolute atomic E-state index is 13.0. The summed E-state index contributed by atoms with van der Waals surface area (Å²) in [6, 6.07) is 12.6. The van der Waals surface area contributed by atoms with Crippen LogP contribution in [0.4, 0.5) is 11.5 Å². The van der Waals surface area contributed by atoms with Crippen molar-refractivity contribution in [3.05, 3.63) is 78.1 Å². The summed E-state index contributed by atoms with van der Waals surface area (Å²) in [6.45, 7) is 5.34. The highest BCUT2D eigenvalue weighted by molar-refractivity contribution is 6.04. The molecule has 2 N–H and O–H groups in total. The zero-order valence-corrected chi connectivity index (χ0v) is 21.8. The fraction of sp³-hybridized carbons (Fsp3) is 0.241. The Morgan fingerprint density at radius 1 is 0.974 bits per heavy atom. The lowest BCUT2D eigenvalue weighted by Crippen LogP contribution is -2.18. The average molecular weight is 519 g/mol. The SMILES string of the molecule is Cc1ncc(NC(=O)c2ccnc(C(C)(C)C#N)c2)cc1-c1nccc(-c2ccnc(NC(=O)C3CC3)c2)n1. The molecule has 5 rings (SSSR count). The molecule has 4 aromatic heterocycles. The van der Waals surface area contributed by atoms with Gasteiger partial charge in [-0.1, -0.05) is 0 Å². The molecule has 1 aliphatic rings. The van der Waals surface area contributed by atoms with Crippen LogP contribution >= 0.6 is 0 Å². The molecule has 0 aromatic carbocycles. The molecule has 0 aliphatic heterocycles. The van der Waals surface area contributed by atoms with Crippen molar-refractivity contribution in [1.29, 1.82) is 5.26 Å². The Hall–Kier alpha value is -5.04. The smallest absolute Gasteiger partial charge is 0.255 e. The number of nitrogens with zero attached hydrogens (tertiary/aromatic N) is 6. The van der Waals surface area contributed by atoms with Crippen molar-refractivity contribution in [3.63, 3.8) is 0 Å². The van der Waals surface area contributed by atoms with Crippen molar-refractivity contribution >= 4 is 23.3 Å². The molecule has 4 aromatic rings. The van der Waals surface area contributed by atoms with Crippen molar-refractivity contribution in [1.82, 2.24) is 24.9 Å². The van der Waals surface area contributed by atoms with Gasteiger partial charge in [-0.25, -0.2) is 15.0 Å².